The largest absolute Gasteiger partial charge is 0.496 e. The summed E-state index contributed by atoms with van der Waals surface area (Å²) in [4.78, 5) is -0.233. The molecule has 1 atom stereocenters. The number of ether oxygens (including phenoxy) is 1. The number of methoxy groups -OCH3 is 1. The highest BCUT2D eigenvalue weighted by Crippen LogP contribution is 2.41. The topological polar surface area (TPSA) is 9.23 Å². The fraction of sp³-hybridized carbons (Fsp3) is 0.200. The maximum absolute atomic E-state index is 13.5. The maximum atomic E-state index is 13.5. The molecule has 0 saturated heterocycles. The quantitative estimate of drug-likeness (QED) is 0.602. The Balaban J connectivity index is 2.54. The van der Waals surface area contributed by atoms with Crippen LogP contribution in [0.5, 0.6) is 5.75 Å². The van der Waals surface area contributed by atoms with E-state index < -0.39 is 0 Å². The van der Waals surface area contributed by atoms with Crippen LogP contribution in [0.15, 0.2) is 30.3 Å². The lowest BCUT2D eigenvalue weighted by molar-refractivity contribution is 0.410. The van der Waals surface area contributed by atoms with E-state index in [1.165, 1.54) is 6.07 Å². The van der Waals surface area contributed by atoms with Gasteiger partial charge in [0.1, 0.15) is 11.6 Å². The fourth-order valence-electron chi connectivity index (χ4n) is 1.94. The van der Waals surface area contributed by atoms with E-state index in [4.69, 9.17) is 27.9 Å². The van der Waals surface area contributed by atoms with Crippen LogP contribution in [-0.4, -0.2) is 7.11 Å². The number of benzene rings is 2. The average Bonchev–Trinajstić information content (AvgIpc) is 2.42. The minimum absolute atomic E-state index is 0.233. The van der Waals surface area contributed by atoms with Gasteiger partial charge in [0.15, 0.2) is 0 Å². The summed E-state index contributed by atoms with van der Waals surface area (Å²) in [6.45, 7) is 1.70. The van der Waals surface area contributed by atoms with Gasteiger partial charge in [-0.1, -0.05) is 45.2 Å². The predicted molar refractivity (Wildman–Crippen MR) is 84.9 cm³/mol. The van der Waals surface area contributed by atoms with Crippen molar-refractivity contribution >= 4 is 39.1 Å². The van der Waals surface area contributed by atoms with E-state index >= 15 is 0 Å². The van der Waals surface area contributed by atoms with Gasteiger partial charge in [-0.05, 0) is 42.3 Å². The molecule has 0 N–H and O–H groups in total. The molecule has 2 rings (SSSR count). The van der Waals surface area contributed by atoms with E-state index in [1.54, 1.807) is 38.3 Å². The molecule has 1 unspecified atom stereocenters. The summed E-state index contributed by atoms with van der Waals surface area (Å²) in [5.41, 5.74) is 2.15. The fourth-order valence-corrected chi connectivity index (χ4v) is 3.25. The minimum Gasteiger partial charge on any atom is -0.496 e. The third kappa shape index (κ3) is 3.11. The number of hydrogen-bond acceptors (Lipinski definition) is 1. The molecule has 2 aromatic rings. The number of hydrogen-bond donors (Lipinski definition) is 0. The Morgan fingerprint density at radius 1 is 1.15 bits per heavy atom. The number of halogens is 4. The molecule has 0 aliphatic heterocycles. The molecule has 0 radical (unpaired) electrons. The summed E-state index contributed by atoms with van der Waals surface area (Å²) in [6, 6.07) is 8.38. The lowest BCUT2D eigenvalue weighted by Crippen LogP contribution is -1.99. The van der Waals surface area contributed by atoms with E-state index in [9.17, 15) is 4.39 Å². The van der Waals surface area contributed by atoms with E-state index in [-0.39, 0.29) is 10.6 Å². The van der Waals surface area contributed by atoms with Gasteiger partial charge in [-0.15, -0.1) is 0 Å². The molecular formula is C15H12BrCl2FO. The van der Waals surface area contributed by atoms with E-state index in [2.05, 4.69) is 15.9 Å². The van der Waals surface area contributed by atoms with Crippen LogP contribution in [0.3, 0.4) is 0 Å². The Hall–Kier alpha value is -0.770. The van der Waals surface area contributed by atoms with E-state index in [1.807, 2.05) is 0 Å². The van der Waals surface area contributed by atoms with E-state index in [0.717, 1.165) is 11.1 Å². The third-order valence-corrected chi connectivity index (χ3v) is 4.56. The van der Waals surface area contributed by atoms with Crippen LogP contribution >= 0.6 is 39.1 Å². The Morgan fingerprint density at radius 3 is 2.50 bits per heavy atom. The molecule has 0 heterocycles. The van der Waals surface area contributed by atoms with E-state index in [0.29, 0.717) is 21.4 Å². The molecule has 5 heteroatoms. The Morgan fingerprint density at radius 2 is 1.85 bits per heavy atom. The predicted octanol–water partition coefficient (Wildman–Crippen LogP) is 5.93. The van der Waals surface area contributed by atoms with Crippen molar-refractivity contribution in [3.63, 3.8) is 0 Å². The molecule has 0 fully saturated rings. The van der Waals surface area contributed by atoms with Crippen molar-refractivity contribution in [2.24, 2.45) is 0 Å². The number of alkyl halides is 1. The number of aryl methyl sites for hydroxylation is 1. The second kappa shape index (κ2) is 6.33. The molecule has 106 valence electrons. The second-order valence-corrected chi connectivity index (χ2v) is 6.13. The highest BCUT2D eigenvalue weighted by atomic mass is 79.9. The Kier molecular flexibility index (Phi) is 4.95. The van der Waals surface area contributed by atoms with Crippen molar-refractivity contribution in [3.8, 4) is 5.75 Å². The molecule has 0 bridgehead atoms. The van der Waals surface area contributed by atoms with Gasteiger partial charge >= 0.3 is 0 Å². The summed E-state index contributed by atoms with van der Waals surface area (Å²) in [7, 11) is 1.59. The van der Waals surface area contributed by atoms with Crippen molar-refractivity contribution in [1.82, 2.24) is 0 Å². The molecule has 0 amide bonds. The van der Waals surface area contributed by atoms with Crippen molar-refractivity contribution in [1.29, 1.82) is 0 Å². The molecule has 0 saturated carbocycles. The molecule has 2 aromatic carbocycles. The van der Waals surface area contributed by atoms with Crippen molar-refractivity contribution in [2.75, 3.05) is 7.11 Å². The molecular weight excluding hydrogens is 366 g/mol. The highest BCUT2D eigenvalue weighted by molar-refractivity contribution is 9.09. The monoisotopic (exact) mass is 376 g/mol. The van der Waals surface area contributed by atoms with Gasteiger partial charge in [0.05, 0.1) is 11.9 Å². The first-order valence-electron chi connectivity index (χ1n) is 5.87. The summed E-state index contributed by atoms with van der Waals surface area (Å²) >= 11 is 15.8. The summed E-state index contributed by atoms with van der Waals surface area (Å²) in [5, 5.41) is 0.956. The van der Waals surface area contributed by atoms with Gasteiger partial charge in [-0.3, -0.25) is 0 Å². The van der Waals surface area contributed by atoms with Gasteiger partial charge in [0, 0.05) is 15.6 Å². The molecule has 0 aromatic heterocycles. The highest BCUT2D eigenvalue weighted by Gasteiger charge is 2.19. The van der Waals surface area contributed by atoms with Crippen molar-refractivity contribution in [3.05, 3.63) is 62.9 Å². The van der Waals surface area contributed by atoms with Crippen LogP contribution in [0.25, 0.3) is 0 Å². The SMILES string of the molecule is COc1ccc(Cl)cc1C(Br)c1cc(C)c(F)cc1Cl. The van der Waals surface area contributed by atoms with Crippen molar-refractivity contribution < 1.29 is 9.13 Å². The molecule has 20 heavy (non-hydrogen) atoms. The first-order valence-corrected chi connectivity index (χ1v) is 7.54. The smallest absolute Gasteiger partial charge is 0.127 e. The summed E-state index contributed by atoms with van der Waals surface area (Å²) in [5.74, 6) is 0.367. The Bertz CT molecular complexity index is 646. The zero-order valence-corrected chi connectivity index (χ0v) is 14.0. The van der Waals surface area contributed by atoms with Crippen LogP contribution < -0.4 is 4.74 Å². The van der Waals surface area contributed by atoms with Crippen molar-refractivity contribution in [2.45, 2.75) is 11.8 Å². The van der Waals surface area contributed by atoms with Gasteiger partial charge < -0.3 is 4.74 Å². The second-order valence-electron chi connectivity index (χ2n) is 4.37. The standard InChI is InChI=1S/C15H12BrCl2FO/c1-8-5-10(12(18)7-13(8)19)15(16)11-6-9(17)3-4-14(11)20-2/h3-7,15H,1-2H3. The summed E-state index contributed by atoms with van der Waals surface area (Å²) in [6.07, 6.45) is 0. The number of rotatable bonds is 3. The molecule has 0 spiro atoms. The van der Waals surface area contributed by atoms with Crippen LogP contribution in [0.2, 0.25) is 10.0 Å². The minimum atomic E-state index is -0.323. The summed E-state index contributed by atoms with van der Waals surface area (Å²) < 4.78 is 18.8. The van der Waals surface area contributed by atoms with Gasteiger partial charge in [0.2, 0.25) is 0 Å². The maximum Gasteiger partial charge on any atom is 0.127 e. The van der Waals surface area contributed by atoms with Gasteiger partial charge in [-0.2, -0.15) is 0 Å². The average molecular weight is 378 g/mol. The van der Waals surface area contributed by atoms with Crippen LogP contribution in [-0.2, 0) is 0 Å². The first-order chi connectivity index (χ1) is 9.43. The van der Waals surface area contributed by atoms with Crippen LogP contribution in [0.4, 0.5) is 4.39 Å². The normalized spacial score (nSPS) is 12.3. The first kappa shape index (κ1) is 15.6. The Labute approximate surface area is 135 Å². The molecule has 0 aliphatic rings. The van der Waals surface area contributed by atoms with Crippen LogP contribution in [0, 0.1) is 12.7 Å². The lowest BCUT2D eigenvalue weighted by Gasteiger charge is -2.17. The van der Waals surface area contributed by atoms with Crippen LogP contribution in [0.1, 0.15) is 21.5 Å². The van der Waals surface area contributed by atoms with Gasteiger partial charge in [-0.25, -0.2) is 4.39 Å². The molecule has 1 nitrogen and oxygen atoms in total. The third-order valence-electron chi connectivity index (χ3n) is 3.02. The van der Waals surface area contributed by atoms with Gasteiger partial charge in [0.25, 0.3) is 0 Å². The molecule has 0 aliphatic carbocycles. The lowest BCUT2D eigenvalue weighted by atomic mass is 10.0. The zero-order valence-electron chi connectivity index (χ0n) is 10.9. The zero-order chi connectivity index (χ0) is 14.9.